The van der Waals surface area contributed by atoms with Gasteiger partial charge in [-0.25, -0.2) is 4.79 Å². The third-order valence-electron chi connectivity index (χ3n) is 3.14. The second-order valence-electron chi connectivity index (χ2n) is 4.64. The molecule has 1 N–H and O–H groups in total. The lowest BCUT2D eigenvalue weighted by atomic mass is 10.1. The second-order valence-corrected chi connectivity index (χ2v) is 4.64. The molecule has 1 amide bonds. The van der Waals surface area contributed by atoms with Gasteiger partial charge in [0.05, 0.1) is 19.3 Å². The molecule has 0 saturated carbocycles. The highest BCUT2D eigenvalue weighted by molar-refractivity contribution is 5.98. The van der Waals surface area contributed by atoms with Crippen LogP contribution in [-0.2, 0) is 4.79 Å². The fourth-order valence-corrected chi connectivity index (χ4v) is 1.67. The number of ether oxygens (including phenoxy) is 2. The molecule has 0 spiro atoms. The van der Waals surface area contributed by atoms with Gasteiger partial charge in [0.2, 0.25) is 0 Å². The van der Waals surface area contributed by atoms with Gasteiger partial charge in [-0.2, -0.15) is 0 Å². The molecule has 0 saturated heterocycles. The predicted molar refractivity (Wildman–Crippen MR) is 78.0 cm³/mol. The molecule has 0 bridgehead atoms. The number of carboxylic acids is 1. The standard InChI is InChI=1S/C15H21NO5/c1-5-8-21-13-9-11(20-4)6-7-12(13)14(17)16(3)10(2)15(18)19/h6-7,9-10H,5,8H2,1-4H3,(H,18,19). The number of rotatable bonds is 7. The molecule has 1 aromatic rings. The zero-order valence-electron chi connectivity index (χ0n) is 12.8. The number of methoxy groups -OCH3 is 1. The van der Waals surface area contributed by atoms with Crippen LogP contribution >= 0.6 is 0 Å². The summed E-state index contributed by atoms with van der Waals surface area (Å²) in [6.07, 6.45) is 0.798. The summed E-state index contributed by atoms with van der Waals surface area (Å²) in [5.41, 5.74) is 0.319. The highest BCUT2D eigenvalue weighted by Gasteiger charge is 2.25. The van der Waals surface area contributed by atoms with Gasteiger partial charge in [-0.3, -0.25) is 4.79 Å². The first-order valence-electron chi connectivity index (χ1n) is 6.73. The van der Waals surface area contributed by atoms with E-state index in [1.807, 2.05) is 6.92 Å². The third kappa shape index (κ3) is 4.11. The molecule has 6 nitrogen and oxygen atoms in total. The van der Waals surface area contributed by atoms with Crippen LogP contribution in [0, 0.1) is 0 Å². The maximum absolute atomic E-state index is 12.4. The molecule has 1 aromatic carbocycles. The molecule has 1 unspecified atom stereocenters. The fourth-order valence-electron chi connectivity index (χ4n) is 1.67. The number of nitrogens with zero attached hydrogens (tertiary/aromatic N) is 1. The molecule has 6 heteroatoms. The van der Waals surface area contributed by atoms with Crippen LogP contribution in [0.5, 0.6) is 11.5 Å². The Morgan fingerprint density at radius 2 is 2.05 bits per heavy atom. The quantitative estimate of drug-likeness (QED) is 0.833. The molecule has 0 fully saturated rings. The van der Waals surface area contributed by atoms with Crippen LogP contribution in [0.2, 0.25) is 0 Å². The summed E-state index contributed by atoms with van der Waals surface area (Å²) in [5.74, 6) is -0.494. The summed E-state index contributed by atoms with van der Waals surface area (Å²) in [6, 6.07) is 3.93. The van der Waals surface area contributed by atoms with E-state index in [4.69, 9.17) is 14.6 Å². The monoisotopic (exact) mass is 295 g/mol. The number of benzene rings is 1. The highest BCUT2D eigenvalue weighted by atomic mass is 16.5. The summed E-state index contributed by atoms with van der Waals surface area (Å²) in [7, 11) is 2.98. The second kappa shape index (κ2) is 7.52. The van der Waals surface area contributed by atoms with Crippen molar-refractivity contribution in [3.05, 3.63) is 23.8 Å². The van der Waals surface area contributed by atoms with Crippen molar-refractivity contribution in [3.8, 4) is 11.5 Å². The van der Waals surface area contributed by atoms with Gasteiger partial charge < -0.3 is 19.5 Å². The molecular formula is C15H21NO5. The molecule has 21 heavy (non-hydrogen) atoms. The minimum atomic E-state index is -1.06. The number of amides is 1. The Bertz CT molecular complexity index is 515. The summed E-state index contributed by atoms with van der Waals surface area (Å²) in [5, 5.41) is 9.00. The van der Waals surface area contributed by atoms with E-state index >= 15 is 0 Å². The van der Waals surface area contributed by atoms with E-state index in [9.17, 15) is 9.59 Å². The van der Waals surface area contributed by atoms with E-state index in [2.05, 4.69) is 0 Å². The molecule has 0 radical (unpaired) electrons. The van der Waals surface area contributed by atoms with E-state index < -0.39 is 17.9 Å². The maximum Gasteiger partial charge on any atom is 0.326 e. The zero-order valence-corrected chi connectivity index (χ0v) is 12.8. The average molecular weight is 295 g/mol. The van der Waals surface area contributed by atoms with Gasteiger partial charge in [0.15, 0.2) is 0 Å². The third-order valence-corrected chi connectivity index (χ3v) is 3.14. The normalized spacial score (nSPS) is 11.6. The van der Waals surface area contributed by atoms with Crippen LogP contribution in [0.4, 0.5) is 0 Å². The van der Waals surface area contributed by atoms with E-state index in [0.717, 1.165) is 6.42 Å². The van der Waals surface area contributed by atoms with E-state index in [-0.39, 0.29) is 0 Å². The van der Waals surface area contributed by atoms with Crippen LogP contribution in [0.1, 0.15) is 30.6 Å². The first-order valence-corrected chi connectivity index (χ1v) is 6.73. The van der Waals surface area contributed by atoms with Crippen molar-refractivity contribution in [2.24, 2.45) is 0 Å². The van der Waals surface area contributed by atoms with Crippen molar-refractivity contribution in [1.29, 1.82) is 0 Å². The summed E-state index contributed by atoms with van der Waals surface area (Å²) in [6.45, 7) is 3.88. The van der Waals surface area contributed by atoms with Gasteiger partial charge in [-0.05, 0) is 25.5 Å². The first kappa shape index (κ1) is 16.8. The Labute approximate surface area is 124 Å². The SMILES string of the molecule is CCCOc1cc(OC)ccc1C(=O)N(C)C(C)C(=O)O. The average Bonchev–Trinajstić information content (AvgIpc) is 2.50. The van der Waals surface area contributed by atoms with E-state index in [1.54, 1.807) is 18.2 Å². The Hall–Kier alpha value is -2.24. The minimum Gasteiger partial charge on any atom is -0.497 e. The van der Waals surface area contributed by atoms with Gasteiger partial charge >= 0.3 is 5.97 Å². The zero-order chi connectivity index (χ0) is 16.0. The van der Waals surface area contributed by atoms with Crippen molar-refractivity contribution in [1.82, 2.24) is 4.90 Å². The van der Waals surface area contributed by atoms with Crippen LogP contribution < -0.4 is 9.47 Å². The summed E-state index contributed by atoms with van der Waals surface area (Å²) < 4.78 is 10.7. The van der Waals surface area contributed by atoms with Crippen LogP contribution in [0.3, 0.4) is 0 Å². The Morgan fingerprint density at radius 1 is 1.38 bits per heavy atom. The van der Waals surface area contributed by atoms with Crippen molar-refractivity contribution in [2.75, 3.05) is 20.8 Å². The van der Waals surface area contributed by atoms with Gasteiger partial charge in [0.25, 0.3) is 5.91 Å². The number of hydrogen-bond acceptors (Lipinski definition) is 4. The molecule has 0 aliphatic carbocycles. The summed E-state index contributed by atoms with van der Waals surface area (Å²) >= 11 is 0. The summed E-state index contributed by atoms with van der Waals surface area (Å²) in [4.78, 5) is 24.6. The number of carboxylic acid groups (broad SMARTS) is 1. The molecular weight excluding hydrogens is 274 g/mol. The van der Waals surface area contributed by atoms with Crippen LogP contribution in [0.15, 0.2) is 18.2 Å². The highest BCUT2D eigenvalue weighted by Crippen LogP contribution is 2.26. The Kier molecular flexibility index (Phi) is 6.02. The minimum absolute atomic E-state index is 0.319. The van der Waals surface area contributed by atoms with Gasteiger partial charge in [0.1, 0.15) is 17.5 Å². The van der Waals surface area contributed by atoms with Crippen LogP contribution in [0.25, 0.3) is 0 Å². The molecule has 0 aromatic heterocycles. The van der Waals surface area contributed by atoms with Crippen molar-refractivity contribution in [3.63, 3.8) is 0 Å². The van der Waals surface area contributed by atoms with Crippen LogP contribution in [-0.4, -0.2) is 48.7 Å². The van der Waals surface area contributed by atoms with Gasteiger partial charge in [-0.1, -0.05) is 6.92 Å². The Balaban J connectivity index is 3.09. The van der Waals surface area contributed by atoms with Gasteiger partial charge in [0, 0.05) is 13.1 Å². The van der Waals surface area contributed by atoms with Crippen molar-refractivity contribution >= 4 is 11.9 Å². The smallest absolute Gasteiger partial charge is 0.326 e. The molecule has 0 heterocycles. The predicted octanol–water partition coefficient (Wildman–Crippen LogP) is 2.03. The van der Waals surface area contributed by atoms with Crippen molar-refractivity contribution < 1.29 is 24.2 Å². The lowest BCUT2D eigenvalue weighted by molar-refractivity contribution is -0.141. The largest absolute Gasteiger partial charge is 0.497 e. The number of hydrogen-bond donors (Lipinski definition) is 1. The van der Waals surface area contributed by atoms with Crippen molar-refractivity contribution in [2.45, 2.75) is 26.3 Å². The number of carbonyl (C=O) groups excluding carboxylic acids is 1. The van der Waals surface area contributed by atoms with E-state index in [0.29, 0.717) is 23.7 Å². The molecule has 1 atom stereocenters. The lowest BCUT2D eigenvalue weighted by Gasteiger charge is -2.23. The molecule has 0 aliphatic rings. The topological polar surface area (TPSA) is 76.1 Å². The fraction of sp³-hybridized carbons (Fsp3) is 0.467. The molecule has 1 rings (SSSR count). The molecule has 0 aliphatic heterocycles. The van der Waals surface area contributed by atoms with E-state index in [1.165, 1.54) is 26.0 Å². The number of carbonyl (C=O) groups is 2. The maximum atomic E-state index is 12.4. The number of aliphatic carboxylic acids is 1. The lowest BCUT2D eigenvalue weighted by Crippen LogP contribution is -2.40. The van der Waals surface area contributed by atoms with Gasteiger partial charge in [-0.15, -0.1) is 0 Å². The number of likely N-dealkylation sites (N-methyl/N-ethyl adjacent to an activating group) is 1. The Morgan fingerprint density at radius 3 is 2.57 bits per heavy atom. The first-order chi connectivity index (χ1) is 9.92. The molecule has 116 valence electrons.